The Balaban J connectivity index is 0.00000300. The zero-order chi connectivity index (χ0) is 19.6. The molecule has 0 bridgehead atoms. The van der Waals surface area contributed by atoms with E-state index in [1.165, 1.54) is 44.5 Å². The van der Waals surface area contributed by atoms with Crippen LogP contribution in [0.3, 0.4) is 0 Å². The van der Waals surface area contributed by atoms with Crippen molar-refractivity contribution in [3.63, 3.8) is 0 Å². The van der Waals surface area contributed by atoms with E-state index in [0.717, 1.165) is 31.2 Å². The lowest BCUT2D eigenvalue weighted by Gasteiger charge is -2.29. The summed E-state index contributed by atoms with van der Waals surface area (Å²) in [5, 5.41) is 11.2. The molecule has 1 saturated heterocycles. The standard InChI is InChI=1S/C22H34N6.HI/c1-19(18-27-14-4-3-5-15-27)17-25-22(23-2)24-13-11-20-7-9-21(10-8-20)28-16-6-12-26-28;/h6-10,12,16,19H,3-5,11,13-15,17-18H2,1-2H3,(H2,23,24,25);1H. The molecule has 7 heteroatoms. The Bertz CT molecular complexity index is 707. The Morgan fingerprint density at radius 3 is 2.55 bits per heavy atom. The number of benzene rings is 1. The maximum absolute atomic E-state index is 4.36. The van der Waals surface area contributed by atoms with Crippen LogP contribution in [-0.2, 0) is 6.42 Å². The Kier molecular flexibility index (Phi) is 10.5. The third-order valence-electron chi connectivity index (χ3n) is 5.27. The van der Waals surface area contributed by atoms with E-state index in [0.29, 0.717) is 5.92 Å². The lowest BCUT2D eigenvalue weighted by Crippen LogP contribution is -2.42. The molecule has 1 aliphatic rings. The number of likely N-dealkylation sites (tertiary alicyclic amines) is 1. The van der Waals surface area contributed by atoms with Gasteiger partial charge in [-0.15, -0.1) is 24.0 Å². The van der Waals surface area contributed by atoms with Gasteiger partial charge >= 0.3 is 0 Å². The Hall–Kier alpha value is -1.61. The number of hydrogen-bond donors (Lipinski definition) is 2. The lowest BCUT2D eigenvalue weighted by atomic mass is 10.1. The molecule has 0 aliphatic carbocycles. The van der Waals surface area contributed by atoms with Gasteiger partial charge in [-0.1, -0.05) is 25.5 Å². The van der Waals surface area contributed by atoms with Crippen molar-refractivity contribution < 1.29 is 0 Å². The summed E-state index contributed by atoms with van der Waals surface area (Å²) < 4.78 is 1.87. The van der Waals surface area contributed by atoms with Gasteiger partial charge in [-0.05, 0) is 62.0 Å². The van der Waals surface area contributed by atoms with Gasteiger partial charge in [0.1, 0.15) is 0 Å². The second-order valence-electron chi connectivity index (χ2n) is 7.71. The molecule has 160 valence electrons. The molecule has 0 spiro atoms. The number of guanidine groups is 1. The number of nitrogens with one attached hydrogen (secondary N) is 2. The number of rotatable bonds is 8. The topological polar surface area (TPSA) is 57.5 Å². The fraction of sp³-hybridized carbons (Fsp3) is 0.545. The summed E-state index contributed by atoms with van der Waals surface area (Å²) in [4.78, 5) is 6.95. The molecule has 2 heterocycles. The van der Waals surface area contributed by atoms with E-state index in [9.17, 15) is 0 Å². The zero-order valence-corrected chi connectivity index (χ0v) is 20.0. The minimum Gasteiger partial charge on any atom is -0.356 e. The molecule has 1 atom stereocenters. The van der Waals surface area contributed by atoms with Crippen LogP contribution in [-0.4, -0.2) is 60.4 Å². The number of hydrogen-bond acceptors (Lipinski definition) is 3. The molecule has 1 unspecified atom stereocenters. The SMILES string of the molecule is CN=C(NCCc1ccc(-n2cccn2)cc1)NCC(C)CN1CCCCC1.I. The molecular formula is C22H35IN6. The molecule has 2 N–H and O–H groups in total. The molecule has 1 aromatic carbocycles. The second kappa shape index (κ2) is 12.8. The van der Waals surface area contributed by atoms with Crippen molar-refractivity contribution in [1.29, 1.82) is 0 Å². The molecule has 1 fully saturated rings. The number of piperidine rings is 1. The van der Waals surface area contributed by atoms with Crippen molar-refractivity contribution in [2.75, 3.05) is 39.8 Å². The lowest BCUT2D eigenvalue weighted by molar-refractivity contribution is 0.201. The zero-order valence-electron chi connectivity index (χ0n) is 17.7. The fourth-order valence-corrected chi connectivity index (χ4v) is 3.70. The van der Waals surface area contributed by atoms with Crippen LogP contribution in [0.5, 0.6) is 0 Å². The highest BCUT2D eigenvalue weighted by atomic mass is 127. The van der Waals surface area contributed by atoms with Crippen LogP contribution >= 0.6 is 24.0 Å². The Labute approximate surface area is 192 Å². The first-order valence-corrected chi connectivity index (χ1v) is 10.5. The van der Waals surface area contributed by atoms with Crippen molar-refractivity contribution in [2.45, 2.75) is 32.6 Å². The van der Waals surface area contributed by atoms with Crippen LogP contribution < -0.4 is 10.6 Å². The highest BCUT2D eigenvalue weighted by Gasteiger charge is 2.13. The van der Waals surface area contributed by atoms with Crippen molar-refractivity contribution in [3.8, 4) is 5.69 Å². The summed E-state index contributed by atoms with van der Waals surface area (Å²) in [5.41, 5.74) is 2.39. The minimum absolute atomic E-state index is 0. The molecule has 29 heavy (non-hydrogen) atoms. The largest absolute Gasteiger partial charge is 0.356 e. The van der Waals surface area contributed by atoms with Gasteiger partial charge in [0.05, 0.1) is 5.69 Å². The van der Waals surface area contributed by atoms with Gasteiger partial charge in [-0.3, -0.25) is 4.99 Å². The maximum Gasteiger partial charge on any atom is 0.190 e. The van der Waals surface area contributed by atoms with Crippen molar-refractivity contribution >= 4 is 29.9 Å². The molecule has 3 rings (SSSR count). The number of aromatic nitrogens is 2. The quantitative estimate of drug-likeness (QED) is 0.325. The number of nitrogens with zero attached hydrogens (tertiary/aromatic N) is 4. The van der Waals surface area contributed by atoms with E-state index < -0.39 is 0 Å². The highest BCUT2D eigenvalue weighted by Crippen LogP contribution is 2.11. The molecule has 0 amide bonds. The molecule has 2 aromatic rings. The van der Waals surface area contributed by atoms with E-state index in [2.05, 4.69) is 56.8 Å². The third-order valence-corrected chi connectivity index (χ3v) is 5.27. The average molecular weight is 510 g/mol. The van der Waals surface area contributed by atoms with Crippen LogP contribution in [0, 0.1) is 5.92 Å². The molecule has 0 saturated carbocycles. The van der Waals surface area contributed by atoms with E-state index in [-0.39, 0.29) is 24.0 Å². The fourth-order valence-electron chi connectivity index (χ4n) is 3.70. The second-order valence-corrected chi connectivity index (χ2v) is 7.71. The van der Waals surface area contributed by atoms with Crippen molar-refractivity contribution in [2.24, 2.45) is 10.9 Å². The summed E-state index contributed by atoms with van der Waals surface area (Å²) in [7, 11) is 1.84. The minimum atomic E-state index is 0. The van der Waals surface area contributed by atoms with Gasteiger partial charge in [0.2, 0.25) is 0 Å². The third kappa shape index (κ3) is 7.97. The number of aliphatic imine (C=N–C) groups is 1. The molecule has 0 radical (unpaired) electrons. The maximum atomic E-state index is 4.36. The monoisotopic (exact) mass is 510 g/mol. The van der Waals surface area contributed by atoms with Crippen LogP contribution in [0.25, 0.3) is 5.69 Å². The van der Waals surface area contributed by atoms with Gasteiger partial charge in [-0.25, -0.2) is 4.68 Å². The van der Waals surface area contributed by atoms with Crippen molar-refractivity contribution in [1.82, 2.24) is 25.3 Å². The predicted octanol–water partition coefficient (Wildman–Crippen LogP) is 3.32. The smallest absolute Gasteiger partial charge is 0.190 e. The van der Waals surface area contributed by atoms with Gasteiger partial charge in [0.25, 0.3) is 0 Å². The first-order chi connectivity index (χ1) is 13.7. The summed E-state index contributed by atoms with van der Waals surface area (Å²) in [6, 6.07) is 10.5. The van der Waals surface area contributed by atoms with Crippen LogP contribution in [0.15, 0.2) is 47.7 Å². The van der Waals surface area contributed by atoms with Crippen molar-refractivity contribution in [3.05, 3.63) is 48.3 Å². The van der Waals surface area contributed by atoms with E-state index >= 15 is 0 Å². The van der Waals surface area contributed by atoms with Gasteiger partial charge in [0.15, 0.2) is 5.96 Å². The number of halogens is 1. The predicted molar refractivity (Wildman–Crippen MR) is 132 cm³/mol. The molecule has 1 aromatic heterocycles. The van der Waals surface area contributed by atoms with Gasteiger partial charge in [0, 0.05) is 39.1 Å². The van der Waals surface area contributed by atoms with E-state index in [1.54, 1.807) is 6.20 Å². The Morgan fingerprint density at radius 2 is 1.90 bits per heavy atom. The summed E-state index contributed by atoms with van der Waals surface area (Å²) in [6.07, 6.45) is 8.82. The average Bonchev–Trinajstić information content (AvgIpc) is 3.26. The van der Waals surface area contributed by atoms with Crippen LogP contribution in [0.4, 0.5) is 0 Å². The molecule has 6 nitrogen and oxygen atoms in total. The Morgan fingerprint density at radius 1 is 1.14 bits per heavy atom. The summed E-state index contributed by atoms with van der Waals surface area (Å²) >= 11 is 0. The first-order valence-electron chi connectivity index (χ1n) is 10.5. The van der Waals surface area contributed by atoms with E-state index in [1.807, 2.05) is 24.0 Å². The van der Waals surface area contributed by atoms with Crippen LogP contribution in [0.2, 0.25) is 0 Å². The van der Waals surface area contributed by atoms with Crippen LogP contribution in [0.1, 0.15) is 31.7 Å². The van der Waals surface area contributed by atoms with E-state index in [4.69, 9.17) is 0 Å². The summed E-state index contributed by atoms with van der Waals surface area (Å²) in [6.45, 7) is 7.83. The highest BCUT2D eigenvalue weighted by molar-refractivity contribution is 14.0. The normalized spacial score (nSPS) is 16.1. The van der Waals surface area contributed by atoms with Gasteiger partial charge in [-0.2, -0.15) is 5.10 Å². The molecular weight excluding hydrogens is 475 g/mol. The summed E-state index contributed by atoms with van der Waals surface area (Å²) in [5.74, 6) is 1.50. The molecule has 1 aliphatic heterocycles. The van der Waals surface area contributed by atoms with Gasteiger partial charge < -0.3 is 15.5 Å². The first kappa shape index (κ1) is 23.7.